The summed E-state index contributed by atoms with van der Waals surface area (Å²) in [4.78, 5) is 153. The molecule has 5 aliphatic rings. The van der Waals surface area contributed by atoms with Crippen molar-refractivity contribution in [2.45, 2.75) is 146 Å². The number of likely N-dealkylation sites (N-methyl/N-ethyl adjacent to an activating group) is 3. The van der Waals surface area contributed by atoms with Gasteiger partial charge in [0, 0.05) is 163 Å². The molecule has 0 aliphatic carbocycles. The molecular weight excluding hydrogens is 2010 g/mol. The molecular formula is C97H122Cl6F3N9O28. The van der Waals surface area contributed by atoms with E-state index in [2.05, 4.69) is 92.7 Å². The van der Waals surface area contributed by atoms with Crippen LogP contribution in [0.15, 0.2) is 109 Å². The van der Waals surface area contributed by atoms with Crippen LogP contribution >= 0.6 is 69.6 Å². The molecule has 46 heteroatoms. The van der Waals surface area contributed by atoms with Gasteiger partial charge in [-0.25, -0.2) is 14.4 Å². The normalized spacial score (nSPS) is 16.5. The zero-order valence-electron chi connectivity index (χ0n) is 79.7. The summed E-state index contributed by atoms with van der Waals surface area (Å²) >= 11 is 38.4. The topological polar surface area (TPSA) is 486 Å². The molecule has 10 N–H and O–H groups in total. The maximum atomic E-state index is 12.6. The largest absolute Gasteiger partial charge is 0.490 e. The number of nitrogens with one attached hydrogen (secondary N) is 3. The fourth-order valence-electron chi connectivity index (χ4n) is 14.9. The monoisotopic (exact) mass is 2130 g/mol. The maximum Gasteiger partial charge on any atom is 0.490 e. The molecule has 0 spiro atoms. The Morgan fingerprint density at radius 2 is 0.762 bits per heavy atom. The van der Waals surface area contributed by atoms with E-state index < -0.39 is 83.8 Å². The van der Waals surface area contributed by atoms with Crippen molar-refractivity contribution in [3.8, 4) is 0 Å². The Balaban J connectivity index is 0.000000257. The van der Waals surface area contributed by atoms with E-state index in [9.17, 15) is 86.3 Å². The van der Waals surface area contributed by atoms with E-state index in [4.69, 9.17) is 128 Å². The molecule has 0 bridgehead atoms. The van der Waals surface area contributed by atoms with Gasteiger partial charge in [-0.1, -0.05) is 132 Å². The lowest BCUT2D eigenvalue weighted by Gasteiger charge is -2.33. The minimum atomic E-state index is -5.08. The number of carbonyl (C=O) groups is 12. The van der Waals surface area contributed by atoms with E-state index in [0.29, 0.717) is 149 Å². The van der Waals surface area contributed by atoms with Crippen molar-refractivity contribution in [1.29, 1.82) is 0 Å². The first-order valence-corrected chi connectivity index (χ1v) is 48.3. The Morgan fingerprint density at radius 1 is 0.434 bits per heavy atom. The van der Waals surface area contributed by atoms with Crippen LogP contribution in [0.2, 0.25) is 30.1 Å². The number of Topliss-reactive ketones (excluding diaryl/α,β-unsaturated/α-hetero) is 2. The summed E-state index contributed by atoms with van der Waals surface area (Å²) in [7, 11) is 6.23. The average molecular weight is 2130 g/mol. The smallest absolute Gasteiger partial charge is 0.475 e. The number of ketones is 2. The average Bonchev–Trinajstić information content (AvgIpc) is 1.71. The number of imide groups is 2. The third kappa shape index (κ3) is 41.5. The molecule has 143 heavy (non-hydrogen) atoms. The highest BCUT2D eigenvalue weighted by atomic mass is 35.5. The summed E-state index contributed by atoms with van der Waals surface area (Å²) in [5.41, 5.74) is 17.9. The lowest BCUT2D eigenvalue weighted by atomic mass is 9.84. The third-order valence-corrected chi connectivity index (χ3v) is 23.5. The van der Waals surface area contributed by atoms with Gasteiger partial charge in [-0.2, -0.15) is 13.2 Å². The van der Waals surface area contributed by atoms with E-state index >= 15 is 0 Å². The number of ether oxygens (including phenoxy) is 9. The van der Waals surface area contributed by atoms with Crippen LogP contribution < -0.4 is 21.7 Å². The Labute approximate surface area is 855 Å². The molecule has 5 aliphatic heterocycles. The quantitative estimate of drug-likeness (QED) is 0.0127. The zero-order chi connectivity index (χ0) is 105. The van der Waals surface area contributed by atoms with Crippen molar-refractivity contribution < 1.29 is 149 Å². The minimum absolute atomic E-state index is 0.0235. The molecule has 0 saturated carbocycles. The number of carboxylic acid groups (broad SMARTS) is 1. The summed E-state index contributed by atoms with van der Waals surface area (Å²) < 4.78 is 80.4. The fraction of sp³-hybridized carbons (Fsp3) is 0.505. The molecule has 5 heterocycles. The number of halogens is 9. The van der Waals surface area contributed by atoms with Crippen molar-refractivity contribution in [3.05, 3.63) is 195 Å². The number of aliphatic hydroxyl groups excluding tert-OH is 4. The zero-order valence-corrected chi connectivity index (χ0v) is 84.3. The summed E-state index contributed by atoms with van der Waals surface area (Å²) in [5, 5.41) is 57.9. The predicted molar refractivity (Wildman–Crippen MR) is 520 cm³/mol. The molecule has 0 radical (unpaired) electrons. The van der Waals surface area contributed by atoms with Gasteiger partial charge in [0.15, 0.2) is 24.1 Å². The number of hydroxylamine groups is 4. The number of fused-ring (bicyclic) bond motifs is 3. The summed E-state index contributed by atoms with van der Waals surface area (Å²) in [6.07, 6.45) is -12.2. The van der Waals surface area contributed by atoms with Gasteiger partial charge in [-0.3, -0.25) is 43.2 Å². The number of anilines is 2. The number of rotatable bonds is 50. The maximum absolute atomic E-state index is 12.6. The highest BCUT2D eigenvalue weighted by Crippen LogP contribution is 2.43. The molecule has 6 aromatic carbocycles. The number of hydrogen-bond donors (Lipinski definition) is 9. The van der Waals surface area contributed by atoms with Crippen molar-refractivity contribution in [1.82, 2.24) is 30.1 Å². The molecule has 7 amide bonds. The third-order valence-electron chi connectivity index (χ3n) is 21.9. The SMILES string of the molecule is CCC(=O)[C@H](O)[C@@H](O)C(=O)NCCOCCOCCOCCC(=O)Cc1cccc(C2CN(C)Cc3c(Cl)cc(Cl)cc32)c1.CCCOCCOCCOCCC(=O)Nc1cccc(C2CN(C)Cc3c(Cl)cc(Cl)cc32)c1.CN1Cc2c(Cl)cc(Cl)cc2C(c2cccc(NC(=O)CCOCCOCCOCCN)c2)C1.O=C(O)C(F)(F)F.O=C(ON1C(=O)CCC1=O)[C@H](O)[C@@H](O)C(=O)ON1C(=O)CCC1=O. The number of nitrogens with zero attached hydrogens (tertiary/aromatic N) is 5. The van der Waals surface area contributed by atoms with E-state index in [1.807, 2.05) is 66.7 Å². The molecule has 3 unspecified atom stereocenters. The first kappa shape index (κ1) is 121. The van der Waals surface area contributed by atoms with Crippen LogP contribution in [0.4, 0.5) is 24.5 Å². The fourth-order valence-corrected chi connectivity index (χ4v) is 16.6. The number of aliphatic hydroxyl groups is 4. The first-order chi connectivity index (χ1) is 68.2. The first-order valence-electron chi connectivity index (χ1n) is 46.0. The second-order valence-electron chi connectivity index (χ2n) is 33.1. The van der Waals surface area contributed by atoms with Crippen LogP contribution in [0, 0.1) is 0 Å². The summed E-state index contributed by atoms with van der Waals surface area (Å²) in [6, 6.07) is 35.4. The van der Waals surface area contributed by atoms with E-state index in [1.165, 1.54) is 6.92 Å². The van der Waals surface area contributed by atoms with Crippen molar-refractivity contribution >= 4 is 152 Å². The van der Waals surface area contributed by atoms with Gasteiger partial charge in [-0.05, 0) is 144 Å². The van der Waals surface area contributed by atoms with Gasteiger partial charge in [-0.15, -0.1) is 10.1 Å². The highest BCUT2D eigenvalue weighted by molar-refractivity contribution is 6.36. The van der Waals surface area contributed by atoms with Gasteiger partial charge in [0.2, 0.25) is 11.8 Å². The second kappa shape index (κ2) is 63.2. The minimum Gasteiger partial charge on any atom is -0.475 e. The number of nitrogens with two attached hydrogens (primary N) is 1. The van der Waals surface area contributed by atoms with Gasteiger partial charge in [0.25, 0.3) is 29.5 Å². The predicted octanol–water partition coefficient (Wildman–Crippen LogP) is 9.76. The molecule has 2 saturated heterocycles. The van der Waals surface area contributed by atoms with E-state index in [0.717, 1.165) is 119 Å². The van der Waals surface area contributed by atoms with Gasteiger partial charge < -0.3 is 114 Å². The van der Waals surface area contributed by atoms with E-state index in [-0.39, 0.29) is 110 Å². The number of benzene rings is 6. The number of hydrogen-bond acceptors (Lipinski definition) is 31. The number of carbonyl (C=O) groups excluding carboxylic acids is 11. The van der Waals surface area contributed by atoms with Crippen LogP contribution in [0.1, 0.15) is 145 Å². The molecule has 11 rings (SSSR count). The molecule has 786 valence electrons. The van der Waals surface area contributed by atoms with Crippen LogP contribution in [-0.2, 0) is 136 Å². The van der Waals surface area contributed by atoms with Crippen molar-refractivity contribution in [3.63, 3.8) is 0 Å². The van der Waals surface area contributed by atoms with Crippen LogP contribution in [0.25, 0.3) is 0 Å². The lowest BCUT2D eigenvalue weighted by Crippen LogP contribution is -2.47. The van der Waals surface area contributed by atoms with Crippen LogP contribution in [0.3, 0.4) is 0 Å². The Morgan fingerprint density at radius 3 is 1.11 bits per heavy atom. The number of carboxylic acids is 1. The van der Waals surface area contributed by atoms with Crippen molar-refractivity contribution in [2.24, 2.45) is 5.73 Å². The molecule has 2 fully saturated rings. The van der Waals surface area contributed by atoms with Gasteiger partial charge >= 0.3 is 24.1 Å². The molecule has 0 aromatic heterocycles. The molecule has 7 atom stereocenters. The Kier molecular flexibility index (Phi) is 53.3. The van der Waals surface area contributed by atoms with Crippen LogP contribution in [-0.4, -0.2) is 325 Å². The van der Waals surface area contributed by atoms with Crippen LogP contribution in [0.5, 0.6) is 0 Å². The Hall–Kier alpha value is -9.39. The lowest BCUT2D eigenvalue weighted by molar-refractivity contribution is -0.216. The van der Waals surface area contributed by atoms with Crippen molar-refractivity contribution in [2.75, 3.05) is 183 Å². The number of aliphatic carboxylic acids is 1. The number of alkyl halides is 3. The van der Waals surface area contributed by atoms with Gasteiger partial charge in [0.1, 0.15) is 11.9 Å². The standard InChI is InChI=1S/C32H42Cl2N2O8.C26H34Cl2N2O4.C25H33Cl2N3O4.C12H12N2O10.C2HF3O2/c1-3-29(38)30(39)31(40)32(41)35-8-10-43-12-14-44-13-11-42-9-7-24(37)16-21-5-4-6-22(15-21)26-19-36(2)20-27-25(26)17-23(33)18-28(27)34;1-3-8-32-10-12-34-13-11-33-9-7-26(31)29-21-6-4-5-19(14-21)23-17-30(2)18-24-22(23)15-20(27)16-25(24)28;1-30-16-22(21-14-19(26)15-24(27)23(21)17-30)18-3-2-4-20(13-18)29-25(31)5-7-32-9-11-34-12-10-33-8-6-28;15-5-1-2-6(16)13(5)23-11(21)9(19)10(20)12(22)24-14-7(17)3-4-8(14)18;3-2(4,5)1(6)7/h4-6,15,17-18,26,30-31,39-40H,3,7-14,16,19-20H2,1-2H3,(H,35,41);4-6,14-16,23H,3,7-13,17-18H2,1-2H3,(H,29,31);2-4,13-15,22H,5-12,16-17,28H2,1H3,(H,29,31);9-10,19-20H,1-4H2;(H,6,7)/t26?,30-,31+;;;9-,10-;/m0..1./s1. The Bertz CT molecular complexity index is 4980. The summed E-state index contributed by atoms with van der Waals surface area (Å²) in [5.74, 6) is -10.6. The summed E-state index contributed by atoms with van der Waals surface area (Å²) in [6.45, 7) is 16.8. The highest BCUT2D eigenvalue weighted by Gasteiger charge is 2.43. The van der Waals surface area contributed by atoms with E-state index in [1.54, 1.807) is 18.2 Å². The molecule has 37 nitrogen and oxygen atoms in total. The van der Waals surface area contributed by atoms with Gasteiger partial charge in [0.05, 0.1) is 125 Å². The number of amides is 7. The second-order valence-corrected chi connectivity index (χ2v) is 35.7. The molecule has 6 aromatic rings.